The molecular formula is C18H21N3O2. The van der Waals surface area contributed by atoms with E-state index in [2.05, 4.69) is 9.97 Å². The molecule has 120 valence electrons. The molecule has 1 atom stereocenters. The molecule has 1 amide bonds. The molecule has 1 aliphatic rings. The van der Waals surface area contributed by atoms with Crippen LogP contribution in [0.3, 0.4) is 0 Å². The predicted molar refractivity (Wildman–Crippen MR) is 88.3 cm³/mol. The largest absolute Gasteiger partial charge is 0.331 e. The maximum absolute atomic E-state index is 13.0. The third-order valence-electron chi connectivity index (χ3n) is 4.39. The summed E-state index contributed by atoms with van der Waals surface area (Å²) < 4.78 is 0. The molecule has 0 aromatic carbocycles. The number of nitrogens with zero attached hydrogens (tertiary/aromatic N) is 2. The molecule has 5 nitrogen and oxygen atoms in total. The van der Waals surface area contributed by atoms with Crippen molar-refractivity contribution in [2.75, 3.05) is 6.54 Å². The van der Waals surface area contributed by atoms with Gasteiger partial charge in [0.05, 0.1) is 6.04 Å². The maximum Gasteiger partial charge on any atom is 0.260 e. The van der Waals surface area contributed by atoms with Crippen molar-refractivity contribution in [1.82, 2.24) is 14.9 Å². The van der Waals surface area contributed by atoms with Crippen molar-refractivity contribution in [3.05, 3.63) is 63.8 Å². The van der Waals surface area contributed by atoms with Gasteiger partial charge in [-0.2, -0.15) is 0 Å². The first-order valence-corrected chi connectivity index (χ1v) is 8.07. The van der Waals surface area contributed by atoms with Gasteiger partial charge in [0, 0.05) is 24.6 Å². The monoisotopic (exact) mass is 311 g/mol. The average Bonchev–Trinajstić information content (AvgIpc) is 2.81. The number of carbonyl (C=O) groups excluding carboxylic acids is 1. The summed E-state index contributed by atoms with van der Waals surface area (Å²) in [5.41, 5.74) is 1.75. The molecule has 3 heterocycles. The van der Waals surface area contributed by atoms with Crippen LogP contribution in [0, 0.1) is 6.92 Å². The van der Waals surface area contributed by atoms with E-state index in [1.807, 2.05) is 17.0 Å². The Morgan fingerprint density at radius 3 is 2.70 bits per heavy atom. The van der Waals surface area contributed by atoms with Crippen molar-refractivity contribution in [2.45, 2.75) is 38.6 Å². The third-order valence-corrected chi connectivity index (χ3v) is 4.39. The number of amides is 1. The van der Waals surface area contributed by atoms with Crippen molar-refractivity contribution in [2.24, 2.45) is 0 Å². The minimum absolute atomic E-state index is 0.00806. The number of likely N-dealkylation sites (tertiary alicyclic amines) is 1. The molecule has 1 saturated heterocycles. The lowest BCUT2D eigenvalue weighted by Crippen LogP contribution is -2.37. The van der Waals surface area contributed by atoms with Crippen LogP contribution >= 0.6 is 0 Å². The molecule has 1 unspecified atom stereocenters. The summed E-state index contributed by atoms with van der Waals surface area (Å²) >= 11 is 0. The Labute approximate surface area is 135 Å². The molecule has 2 aromatic rings. The molecule has 1 aliphatic heterocycles. The minimum atomic E-state index is -0.312. The van der Waals surface area contributed by atoms with E-state index in [9.17, 15) is 9.59 Å². The Morgan fingerprint density at radius 2 is 1.96 bits per heavy atom. The van der Waals surface area contributed by atoms with Crippen molar-refractivity contribution < 1.29 is 4.79 Å². The van der Waals surface area contributed by atoms with Crippen LogP contribution in [-0.2, 0) is 0 Å². The molecule has 1 fully saturated rings. The number of aromatic amines is 1. The highest BCUT2D eigenvalue weighted by Gasteiger charge is 2.28. The lowest BCUT2D eigenvalue weighted by Gasteiger charge is -2.30. The number of aromatic nitrogens is 2. The van der Waals surface area contributed by atoms with E-state index >= 15 is 0 Å². The lowest BCUT2D eigenvalue weighted by molar-refractivity contribution is 0.0679. The van der Waals surface area contributed by atoms with Crippen molar-refractivity contribution in [1.29, 1.82) is 0 Å². The van der Waals surface area contributed by atoms with Crippen LogP contribution in [0.4, 0.5) is 0 Å². The van der Waals surface area contributed by atoms with Gasteiger partial charge in [-0.1, -0.05) is 12.8 Å². The van der Waals surface area contributed by atoms with Gasteiger partial charge in [-0.05, 0) is 49.6 Å². The van der Waals surface area contributed by atoms with Gasteiger partial charge >= 0.3 is 0 Å². The SMILES string of the molecule is Cc1ccc(C(=O)N2CCCCCC2c2ccncc2)c(=O)[nH]1. The normalized spacial score (nSPS) is 18.5. The molecule has 0 spiro atoms. The van der Waals surface area contributed by atoms with E-state index in [-0.39, 0.29) is 23.1 Å². The van der Waals surface area contributed by atoms with Crippen LogP contribution in [0.2, 0.25) is 0 Å². The fraction of sp³-hybridized carbons (Fsp3) is 0.389. The highest BCUT2D eigenvalue weighted by Crippen LogP contribution is 2.30. The van der Waals surface area contributed by atoms with Gasteiger partial charge in [-0.25, -0.2) is 0 Å². The van der Waals surface area contributed by atoms with Gasteiger partial charge in [0.25, 0.3) is 11.5 Å². The van der Waals surface area contributed by atoms with Crippen molar-refractivity contribution in [3.63, 3.8) is 0 Å². The molecule has 2 aromatic heterocycles. The lowest BCUT2D eigenvalue weighted by atomic mass is 10.0. The van der Waals surface area contributed by atoms with Crippen molar-refractivity contribution >= 4 is 5.91 Å². The van der Waals surface area contributed by atoms with E-state index in [1.54, 1.807) is 31.5 Å². The van der Waals surface area contributed by atoms with Crippen LogP contribution < -0.4 is 5.56 Å². The molecule has 0 aliphatic carbocycles. The van der Waals surface area contributed by atoms with Gasteiger partial charge in [-0.15, -0.1) is 0 Å². The Hall–Kier alpha value is -2.43. The summed E-state index contributed by atoms with van der Waals surface area (Å²) in [6.07, 6.45) is 7.58. The first-order chi connectivity index (χ1) is 11.2. The minimum Gasteiger partial charge on any atom is -0.331 e. The fourth-order valence-electron chi connectivity index (χ4n) is 3.18. The summed E-state index contributed by atoms with van der Waals surface area (Å²) in [4.78, 5) is 33.7. The third kappa shape index (κ3) is 3.33. The number of hydrogen-bond donors (Lipinski definition) is 1. The Bertz CT molecular complexity index is 739. The quantitative estimate of drug-likeness (QED) is 0.927. The second-order valence-electron chi connectivity index (χ2n) is 6.03. The highest BCUT2D eigenvalue weighted by atomic mass is 16.2. The van der Waals surface area contributed by atoms with Gasteiger partial charge in [0.1, 0.15) is 5.56 Å². The summed E-state index contributed by atoms with van der Waals surface area (Å²) in [6.45, 7) is 2.49. The van der Waals surface area contributed by atoms with E-state index < -0.39 is 0 Å². The molecule has 0 saturated carbocycles. The number of hydrogen-bond acceptors (Lipinski definition) is 3. The number of aryl methyl sites for hydroxylation is 1. The van der Waals surface area contributed by atoms with E-state index in [1.165, 1.54) is 0 Å². The zero-order valence-corrected chi connectivity index (χ0v) is 13.3. The van der Waals surface area contributed by atoms with Gasteiger partial charge in [0.15, 0.2) is 0 Å². The summed E-state index contributed by atoms with van der Waals surface area (Å²) in [7, 11) is 0. The Balaban J connectivity index is 1.96. The molecular weight excluding hydrogens is 290 g/mol. The highest BCUT2D eigenvalue weighted by molar-refractivity contribution is 5.94. The van der Waals surface area contributed by atoms with E-state index in [0.29, 0.717) is 6.54 Å². The van der Waals surface area contributed by atoms with Crippen LogP contribution in [0.25, 0.3) is 0 Å². The average molecular weight is 311 g/mol. The zero-order valence-electron chi connectivity index (χ0n) is 13.3. The molecule has 23 heavy (non-hydrogen) atoms. The summed E-state index contributed by atoms with van der Waals surface area (Å²) in [5, 5.41) is 0. The van der Waals surface area contributed by atoms with Crippen LogP contribution in [-0.4, -0.2) is 27.3 Å². The molecule has 0 bridgehead atoms. The number of H-pyrrole nitrogens is 1. The standard InChI is InChI=1S/C18H21N3O2/c1-13-6-7-15(17(22)20-13)18(23)21-12-4-2-3-5-16(21)14-8-10-19-11-9-14/h6-11,16H,2-5,12H2,1H3,(H,20,22). The number of pyridine rings is 2. The second kappa shape index (κ2) is 6.77. The number of nitrogens with one attached hydrogen (secondary N) is 1. The first-order valence-electron chi connectivity index (χ1n) is 8.07. The first kappa shape index (κ1) is 15.5. The number of rotatable bonds is 2. The topological polar surface area (TPSA) is 66.1 Å². The zero-order chi connectivity index (χ0) is 16.2. The second-order valence-corrected chi connectivity index (χ2v) is 6.03. The van der Waals surface area contributed by atoms with Crippen LogP contribution in [0.15, 0.2) is 41.5 Å². The molecule has 0 radical (unpaired) electrons. The van der Waals surface area contributed by atoms with Gasteiger partial charge in [0.2, 0.25) is 0 Å². The van der Waals surface area contributed by atoms with Gasteiger partial charge < -0.3 is 9.88 Å². The molecule has 5 heteroatoms. The Morgan fingerprint density at radius 1 is 1.17 bits per heavy atom. The van der Waals surface area contributed by atoms with E-state index in [4.69, 9.17) is 0 Å². The predicted octanol–water partition coefficient (Wildman–Crippen LogP) is 2.84. The molecule has 1 N–H and O–H groups in total. The fourth-order valence-corrected chi connectivity index (χ4v) is 3.18. The van der Waals surface area contributed by atoms with Crippen LogP contribution in [0.1, 0.15) is 53.3 Å². The molecule has 3 rings (SSSR count). The maximum atomic E-state index is 13.0. The van der Waals surface area contributed by atoms with E-state index in [0.717, 1.165) is 36.9 Å². The summed E-state index contributed by atoms with van der Waals surface area (Å²) in [6, 6.07) is 7.32. The Kier molecular flexibility index (Phi) is 4.55. The van der Waals surface area contributed by atoms with Crippen molar-refractivity contribution in [3.8, 4) is 0 Å². The smallest absolute Gasteiger partial charge is 0.260 e. The van der Waals surface area contributed by atoms with Gasteiger partial charge in [-0.3, -0.25) is 14.6 Å². The summed E-state index contributed by atoms with van der Waals surface area (Å²) in [5.74, 6) is -0.185. The number of carbonyl (C=O) groups is 1. The van der Waals surface area contributed by atoms with Crippen LogP contribution in [0.5, 0.6) is 0 Å².